The maximum atomic E-state index is 12.0. The van der Waals surface area contributed by atoms with Crippen LogP contribution in [0.1, 0.15) is 26.7 Å². The van der Waals surface area contributed by atoms with Gasteiger partial charge in [-0.25, -0.2) is 0 Å². The van der Waals surface area contributed by atoms with E-state index in [1.54, 1.807) is 42.1 Å². The highest BCUT2D eigenvalue weighted by Gasteiger charge is 2.12. The number of hydrogen-bond acceptors (Lipinski definition) is 4. The van der Waals surface area contributed by atoms with Gasteiger partial charge < -0.3 is 15.5 Å². The van der Waals surface area contributed by atoms with Crippen LogP contribution in [0.3, 0.4) is 0 Å². The van der Waals surface area contributed by atoms with Crippen molar-refractivity contribution in [3.63, 3.8) is 0 Å². The molecule has 1 aromatic carbocycles. The monoisotopic (exact) mass is 290 g/mol. The van der Waals surface area contributed by atoms with Crippen LogP contribution in [0, 0.1) is 0 Å². The smallest absolute Gasteiger partial charge is 0.291 e. The van der Waals surface area contributed by atoms with Crippen molar-refractivity contribution in [3.05, 3.63) is 53.5 Å². The molecule has 1 heterocycles. The van der Waals surface area contributed by atoms with Crippen molar-refractivity contribution in [3.8, 4) is 0 Å². The van der Waals surface area contributed by atoms with Gasteiger partial charge in [-0.1, -0.05) is 6.07 Å². The summed E-state index contributed by atoms with van der Waals surface area (Å²) in [6, 6.07) is 9.82. The summed E-state index contributed by atoms with van der Waals surface area (Å²) in [6.07, 6.45) is 1.96. The van der Waals surface area contributed by atoms with Crippen LogP contribution >= 0.6 is 11.8 Å². The second-order valence-corrected chi connectivity index (χ2v) is 4.96. The van der Waals surface area contributed by atoms with Gasteiger partial charge in [0, 0.05) is 11.3 Å². The molecule has 0 unspecified atom stereocenters. The van der Waals surface area contributed by atoms with Crippen LogP contribution in [0.5, 0.6) is 0 Å². The van der Waals surface area contributed by atoms with E-state index in [9.17, 15) is 9.59 Å². The summed E-state index contributed by atoms with van der Waals surface area (Å²) in [7, 11) is 0. The Labute approximate surface area is 120 Å². The molecule has 1 aromatic heterocycles. The molecule has 0 aliphatic rings. The van der Waals surface area contributed by atoms with E-state index in [1.807, 2.05) is 6.26 Å². The number of benzene rings is 1. The zero-order valence-electron chi connectivity index (χ0n) is 10.9. The first kappa shape index (κ1) is 14.2. The highest BCUT2D eigenvalue weighted by atomic mass is 32.2. The predicted molar refractivity (Wildman–Crippen MR) is 78.8 cm³/mol. The number of nitrogens with two attached hydrogens (primary N) is 1. The number of nitrogens with one attached hydrogen (secondary N) is 1. The molecule has 2 rings (SSSR count). The minimum Gasteiger partial charge on any atom is -0.455 e. The zero-order chi connectivity index (χ0) is 14.5. The molecule has 0 saturated heterocycles. The standard InChI is InChI=1S/C14H14N2O3S/c1-20-8-11-5-6-12(19-11)14(18)16-10-4-2-3-9(7-10)13(15)17/h2-7H,8H2,1H3,(H2,15,17)(H,16,18). The van der Waals surface area contributed by atoms with Crippen LogP contribution in [-0.4, -0.2) is 18.1 Å². The molecule has 0 radical (unpaired) electrons. The summed E-state index contributed by atoms with van der Waals surface area (Å²) in [5.41, 5.74) is 6.02. The first-order chi connectivity index (χ1) is 9.60. The second kappa shape index (κ2) is 6.29. The third-order valence-corrected chi connectivity index (χ3v) is 3.15. The van der Waals surface area contributed by atoms with Gasteiger partial charge in [0.05, 0.1) is 5.75 Å². The third kappa shape index (κ3) is 3.42. The van der Waals surface area contributed by atoms with Gasteiger partial charge in [0.1, 0.15) is 5.76 Å². The van der Waals surface area contributed by atoms with Gasteiger partial charge in [-0.05, 0) is 36.6 Å². The summed E-state index contributed by atoms with van der Waals surface area (Å²) in [5, 5.41) is 2.66. The highest BCUT2D eigenvalue weighted by Crippen LogP contribution is 2.16. The van der Waals surface area contributed by atoms with Crippen LogP contribution in [0.2, 0.25) is 0 Å². The van der Waals surface area contributed by atoms with Crippen LogP contribution in [0.15, 0.2) is 40.8 Å². The summed E-state index contributed by atoms with van der Waals surface area (Å²) in [5.74, 6) is 0.789. The lowest BCUT2D eigenvalue weighted by molar-refractivity contribution is 0.0987. The number of carbonyl (C=O) groups excluding carboxylic acids is 2. The van der Waals surface area contributed by atoms with E-state index in [0.717, 1.165) is 5.76 Å². The molecule has 0 atom stereocenters. The number of furan rings is 1. The van der Waals surface area contributed by atoms with Crippen molar-refractivity contribution in [2.24, 2.45) is 5.73 Å². The molecule has 20 heavy (non-hydrogen) atoms. The van der Waals surface area contributed by atoms with Gasteiger partial charge in [0.15, 0.2) is 5.76 Å². The minimum absolute atomic E-state index is 0.235. The number of amides is 2. The molecule has 2 aromatic rings. The summed E-state index contributed by atoms with van der Waals surface area (Å²) >= 11 is 1.61. The van der Waals surface area contributed by atoms with Crippen molar-refractivity contribution >= 4 is 29.3 Å². The van der Waals surface area contributed by atoms with Gasteiger partial charge in [-0.3, -0.25) is 9.59 Å². The Kier molecular flexibility index (Phi) is 4.47. The molecule has 2 amide bonds. The number of thioether (sulfide) groups is 1. The van der Waals surface area contributed by atoms with E-state index in [1.165, 1.54) is 6.07 Å². The fourth-order valence-corrected chi connectivity index (χ4v) is 2.10. The number of primary amides is 1. The minimum atomic E-state index is -0.540. The van der Waals surface area contributed by atoms with E-state index < -0.39 is 5.91 Å². The van der Waals surface area contributed by atoms with Gasteiger partial charge in [0.2, 0.25) is 5.91 Å². The van der Waals surface area contributed by atoms with Crippen molar-refractivity contribution in [1.29, 1.82) is 0 Å². The summed E-state index contributed by atoms with van der Waals surface area (Å²) < 4.78 is 5.41. The lowest BCUT2D eigenvalue weighted by Gasteiger charge is -2.04. The molecule has 0 aliphatic heterocycles. The van der Waals surface area contributed by atoms with E-state index in [-0.39, 0.29) is 11.7 Å². The van der Waals surface area contributed by atoms with Crippen LogP contribution in [0.25, 0.3) is 0 Å². The molecule has 0 spiro atoms. The fraction of sp³-hybridized carbons (Fsp3) is 0.143. The van der Waals surface area contributed by atoms with Crippen molar-refractivity contribution in [2.75, 3.05) is 11.6 Å². The molecule has 6 heteroatoms. The van der Waals surface area contributed by atoms with E-state index >= 15 is 0 Å². The quantitative estimate of drug-likeness (QED) is 0.886. The van der Waals surface area contributed by atoms with Crippen LogP contribution < -0.4 is 11.1 Å². The molecule has 0 saturated carbocycles. The maximum absolute atomic E-state index is 12.0. The van der Waals surface area contributed by atoms with Crippen LogP contribution in [-0.2, 0) is 5.75 Å². The van der Waals surface area contributed by atoms with E-state index in [0.29, 0.717) is 17.0 Å². The topological polar surface area (TPSA) is 85.3 Å². The Morgan fingerprint density at radius 3 is 2.80 bits per heavy atom. The SMILES string of the molecule is CSCc1ccc(C(=O)Nc2cccc(C(N)=O)c2)o1. The maximum Gasteiger partial charge on any atom is 0.291 e. The molecule has 0 fully saturated rings. The molecular formula is C14H14N2O3S. The third-order valence-electron chi connectivity index (χ3n) is 2.58. The van der Waals surface area contributed by atoms with Gasteiger partial charge >= 0.3 is 0 Å². The lowest BCUT2D eigenvalue weighted by Crippen LogP contribution is -2.14. The highest BCUT2D eigenvalue weighted by molar-refractivity contribution is 7.97. The Morgan fingerprint density at radius 1 is 1.30 bits per heavy atom. The van der Waals surface area contributed by atoms with Crippen LogP contribution in [0.4, 0.5) is 5.69 Å². The van der Waals surface area contributed by atoms with E-state index in [4.69, 9.17) is 10.2 Å². The average Bonchev–Trinajstić information content (AvgIpc) is 2.88. The first-order valence-corrected chi connectivity index (χ1v) is 7.28. The molecule has 0 bridgehead atoms. The fourth-order valence-electron chi connectivity index (χ4n) is 1.66. The first-order valence-electron chi connectivity index (χ1n) is 5.89. The molecular weight excluding hydrogens is 276 g/mol. The summed E-state index contributed by atoms with van der Waals surface area (Å²) in [4.78, 5) is 23.1. The molecule has 5 nitrogen and oxygen atoms in total. The predicted octanol–water partition coefficient (Wildman–Crippen LogP) is 2.49. The Morgan fingerprint density at radius 2 is 2.10 bits per heavy atom. The largest absolute Gasteiger partial charge is 0.455 e. The van der Waals surface area contributed by atoms with Crippen molar-refractivity contribution in [2.45, 2.75) is 5.75 Å². The molecule has 0 aliphatic carbocycles. The van der Waals surface area contributed by atoms with Crippen molar-refractivity contribution < 1.29 is 14.0 Å². The Balaban J connectivity index is 2.10. The molecule has 3 N–H and O–H groups in total. The van der Waals surface area contributed by atoms with Gasteiger partial charge in [-0.15, -0.1) is 0 Å². The number of anilines is 1. The number of rotatable bonds is 5. The van der Waals surface area contributed by atoms with E-state index in [2.05, 4.69) is 5.32 Å². The van der Waals surface area contributed by atoms with Gasteiger partial charge in [0.25, 0.3) is 5.91 Å². The van der Waals surface area contributed by atoms with Crippen molar-refractivity contribution in [1.82, 2.24) is 0 Å². The Hall–Kier alpha value is -2.21. The summed E-state index contributed by atoms with van der Waals surface area (Å²) in [6.45, 7) is 0. The zero-order valence-corrected chi connectivity index (χ0v) is 11.7. The normalized spacial score (nSPS) is 10.2. The number of hydrogen-bond donors (Lipinski definition) is 2. The second-order valence-electron chi connectivity index (χ2n) is 4.10. The lowest BCUT2D eigenvalue weighted by atomic mass is 10.2. The average molecular weight is 290 g/mol. The Bertz CT molecular complexity index is 637. The number of carbonyl (C=O) groups is 2. The molecule has 104 valence electrons. The van der Waals surface area contributed by atoms with Gasteiger partial charge in [-0.2, -0.15) is 11.8 Å².